The number of aliphatic hydroxyl groups is 1. The molecule has 2 aliphatic rings. The van der Waals surface area contributed by atoms with Crippen LogP contribution in [0.4, 0.5) is 0 Å². The van der Waals surface area contributed by atoms with Crippen molar-refractivity contribution in [2.24, 2.45) is 0 Å². The number of hydrogen-bond acceptors (Lipinski definition) is 4. The number of rotatable bonds is 6. The molecule has 5 nitrogen and oxygen atoms in total. The molecule has 3 atom stereocenters. The summed E-state index contributed by atoms with van der Waals surface area (Å²) in [4.78, 5) is 14.5. The fourth-order valence-electron chi connectivity index (χ4n) is 3.45. The third-order valence-electron chi connectivity index (χ3n) is 4.88. The van der Waals surface area contributed by atoms with Gasteiger partial charge in [-0.1, -0.05) is 25.2 Å². The second-order valence-electron chi connectivity index (χ2n) is 6.90. The summed E-state index contributed by atoms with van der Waals surface area (Å²) < 4.78 is 5.89. The van der Waals surface area contributed by atoms with E-state index in [4.69, 9.17) is 11.2 Å². The van der Waals surface area contributed by atoms with E-state index in [1.807, 2.05) is 7.05 Å². The van der Waals surface area contributed by atoms with E-state index in [1.54, 1.807) is 0 Å². The van der Waals surface area contributed by atoms with Crippen LogP contribution in [0.5, 0.6) is 0 Å². The minimum absolute atomic E-state index is 0.0146. The molecule has 0 aromatic carbocycles. The Hall–Kier alpha value is -1.09. The lowest BCUT2D eigenvalue weighted by molar-refractivity contribution is -0.159. The third kappa shape index (κ3) is 5.80. The molecule has 1 saturated carbocycles. The molecule has 2 rings (SSSR count). The van der Waals surface area contributed by atoms with Gasteiger partial charge >= 0.3 is 0 Å². The van der Waals surface area contributed by atoms with Crippen molar-refractivity contribution in [2.75, 3.05) is 20.1 Å². The zero-order chi connectivity index (χ0) is 16.7. The van der Waals surface area contributed by atoms with Crippen molar-refractivity contribution < 1.29 is 14.6 Å². The Morgan fingerprint density at radius 3 is 2.74 bits per heavy atom. The van der Waals surface area contributed by atoms with Gasteiger partial charge in [0.2, 0.25) is 0 Å². The highest BCUT2D eigenvalue weighted by Gasteiger charge is 2.35. The summed E-state index contributed by atoms with van der Waals surface area (Å²) >= 11 is 0. The van der Waals surface area contributed by atoms with E-state index >= 15 is 0 Å². The molecule has 1 amide bonds. The predicted octanol–water partition coefficient (Wildman–Crippen LogP) is 1.30. The smallest absolute Gasteiger partial charge is 0.252 e. The van der Waals surface area contributed by atoms with Crippen LogP contribution in [0.25, 0.3) is 0 Å². The van der Waals surface area contributed by atoms with Crippen molar-refractivity contribution in [3.05, 3.63) is 0 Å². The normalized spacial score (nSPS) is 29.2. The van der Waals surface area contributed by atoms with E-state index in [9.17, 15) is 9.90 Å². The molecular weight excluding hydrogens is 292 g/mol. The van der Waals surface area contributed by atoms with E-state index in [0.29, 0.717) is 13.0 Å². The van der Waals surface area contributed by atoms with Crippen LogP contribution in [0.3, 0.4) is 0 Å². The number of carbonyl (C=O) groups is 1. The Morgan fingerprint density at radius 1 is 1.30 bits per heavy atom. The van der Waals surface area contributed by atoms with Gasteiger partial charge in [0.15, 0.2) is 6.10 Å². The second-order valence-corrected chi connectivity index (χ2v) is 6.90. The molecule has 1 saturated heterocycles. The molecule has 1 aliphatic heterocycles. The van der Waals surface area contributed by atoms with Crippen LogP contribution in [0, 0.1) is 12.3 Å². The Morgan fingerprint density at radius 2 is 2.04 bits per heavy atom. The van der Waals surface area contributed by atoms with Gasteiger partial charge in [0.25, 0.3) is 5.91 Å². The summed E-state index contributed by atoms with van der Waals surface area (Å²) in [6.07, 6.45) is 11.8. The molecule has 0 aromatic rings. The van der Waals surface area contributed by atoms with Crippen LogP contribution in [0.2, 0.25) is 0 Å². The number of amides is 1. The first-order chi connectivity index (χ1) is 11.1. The number of nitrogens with one attached hydrogen (secondary N) is 1. The Bertz CT molecular complexity index is 415. The average Bonchev–Trinajstić information content (AvgIpc) is 2.55. The molecule has 2 N–H and O–H groups in total. The third-order valence-corrected chi connectivity index (χ3v) is 4.88. The van der Waals surface area contributed by atoms with E-state index in [1.165, 1.54) is 19.3 Å². The fourth-order valence-corrected chi connectivity index (χ4v) is 3.45. The average molecular weight is 322 g/mol. The summed E-state index contributed by atoms with van der Waals surface area (Å²) in [6.45, 7) is 1.45. The molecule has 0 radical (unpaired) electrons. The van der Waals surface area contributed by atoms with Crippen molar-refractivity contribution in [1.29, 1.82) is 0 Å². The molecule has 5 heteroatoms. The van der Waals surface area contributed by atoms with Gasteiger partial charge in [-0.3, -0.25) is 9.69 Å². The maximum atomic E-state index is 12.4. The molecule has 1 heterocycles. The monoisotopic (exact) mass is 322 g/mol. The zero-order valence-corrected chi connectivity index (χ0v) is 14.2. The quantitative estimate of drug-likeness (QED) is 0.724. The van der Waals surface area contributed by atoms with Crippen molar-refractivity contribution in [2.45, 2.75) is 75.7 Å². The highest BCUT2D eigenvalue weighted by molar-refractivity contribution is 5.81. The van der Waals surface area contributed by atoms with Crippen LogP contribution >= 0.6 is 0 Å². The Labute approximate surface area is 139 Å². The van der Waals surface area contributed by atoms with Crippen LogP contribution < -0.4 is 5.32 Å². The first kappa shape index (κ1) is 18.3. The van der Waals surface area contributed by atoms with Gasteiger partial charge < -0.3 is 15.2 Å². The van der Waals surface area contributed by atoms with E-state index in [2.05, 4.69) is 16.1 Å². The summed E-state index contributed by atoms with van der Waals surface area (Å²) in [7, 11) is 1.98. The maximum absolute atomic E-state index is 12.4. The minimum atomic E-state index is -0.728. The van der Waals surface area contributed by atoms with Gasteiger partial charge in [-0.15, -0.1) is 6.42 Å². The SMILES string of the molecule is C#CCN(C)CC[C@@H]1CC[C@H](O)[C@@H](C(=O)NC2CCCCC2)O1. The first-order valence-electron chi connectivity index (χ1n) is 8.86. The topological polar surface area (TPSA) is 61.8 Å². The number of aliphatic hydroxyl groups excluding tert-OH is 1. The molecule has 130 valence electrons. The van der Waals surface area contributed by atoms with Crippen molar-refractivity contribution in [3.63, 3.8) is 0 Å². The number of nitrogens with zero attached hydrogens (tertiary/aromatic N) is 1. The molecule has 0 bridgehead atoms. The highest BCUT2D eigenvalue weighted by Crippen LogP contribution is 2.23. The molecule has 2 fully saturated rings. The van der Waals surface area contributed by atoms with Crippen LogP contribution in [0.1, 0.15) is 51.4 Å². The number of ether oxygens (including phenoxy) is 1. The summed E-state index contributed by atoms with van der Waals surface area (Å²) in [5.41, 5.74) is 0. The Kier molecular flexibility index (Phi) is 7.35. The number of terminal acetylenes is 1. The largest absolute Gasteiger partial charge is 0.390 e. The fraction of sp³-hybridized carbons (Fsp3) is 0.833. The predicted molar refractivity (Wildman–Crippen MR) is 89.9 cm³/mol. The molecule has 0 spiro atoms. The van der Waals surface area contributed by atoms with E-state index < -0.39 is 12.2 Å². The lowest BCUT2D eigenvalue weighted by Crippen LogP contribution is -2.51. The van der Waals surface area contributed by atoms with Crippen molar-refractivity contribution >= 4 is 5.91 Å². The standard InChI is InChI=1S/C18H30N2O3/c1-3-12-20(2)13-11-15-9-10-16(21)17(23-15)18(22)19-14-7-5-4-6-8-14/h1,14-17,21H,4-13H2,2H3,(H,19,22)/t15-,16-,17-/m0/s1. The second kappa shape index (κ2) is 9.27. The van der Waals surface area contributed by atoms with Crippen LogP contribution in [-0.2, 0) is 9.53 Å². The lowest BCUT2D eigenvalue weighted by atomic mass is 9.94. The van der Waals surface area contributed by atoms with Crippen molar-refractivity contribution in [1.82, 2.24) is 10.2 Å². The maximum Gasteiger partial charge on any atom is 0.252 e. The molecule has 0 unspecified atom stereocenters. The number of carbonyl (C=O) groups excluding carboxylic acids is 1. The van der Waals surface area contributed by atoms with Gasteiger partial charge in [0.05, 0.1) is 18.8 Å². The van der Waals surface area contributed by atoms with E-state index in [-0.39, 0.29) is 18.1 Å². The van der Waals surface area contributed by atoms with Gasteiger partial charge in [-0.2, -0.15) is 0 Å². The molecular formula is C18H30N2O3. The minimum Gasteiger partial charge on any atom is -0.390 e. The van der Waals surface area contributed by atoms with Gasteiger partial charge in [-0.05, 0) is 39.2 Å². The Balaban J connectivity index is 1.79. The van der Waals surface area contributed by atoms with Crippen LogP contribution in [-0.4, -0.2) is 60.4 Å². The summed E-state index contributed by atoms with van der Waals surface area (Å²) in [5, 5.41) is 13.2. The lowest BCUT2D eigenvalue weighted by Gasteiger charge is -2.35. The van der Waals surface area contributed by atoms with Gasteiger partial charge in [0, 0.05) is 12.6 Å². The van der Waals surface area contributed by atoms with Gasteiger partial charge in [-0.25, -0.2) is 0 Å². The van der Waals surface area contributed by atoms with Crippen molar-refractivity contribution in [3.8, 4) is 12.3 Å². The molecule has 23 heavy (non-hydrogen) atoms. The summed E-state index contributed by atoms with van der Waals surface area (Å²) in [5.74, 6) is 2.47. The molecule has 1 aliphatic carbocycles. The van der Waals surface area contributed by atoms with E-state index in [0.717, 1.165) is 32.2 Å². The number of hydrogen-bond donors (Lipinski definition) is 2. The van der Waals surface area contributed by atoms with Gasteiger partial charge in [0.1, 0.15) is 0 Å². The highest BCUT2D eigenvalue weighted by atomic mass is 16.5. The first-order valence-corrected chi connectivity index (χ1v) is 8.86. The molecule has 0 aromatic heterocycles. The van der Waals surface area contributed by atoms with Crippen LogP contribution in [0.15, 0.2) is 0 Å². The zero-order valence-electron chi connectivity index (χ0n) is 14.2. The summed E-state index contributed by atoms with van der Waals surface area (Å²) in [6, 6.07) is 0.245.